The molecule has 124 valence electrons. The van der Waals surface area contributed by atoms with E-state index in [9.17, 15) is 14.4 Å². The highest BCUT2D eigenvalue weighted by Crippen LogP contribution is 2.08. The Bertz CT molecular complexity index is 503. The summed E-state index contributed by atoms with van der Waals surface area (Å²) in [6.07, 6.45) is 0. The first-order valence-corrected chi connectivity index (χ1v) is 10.3. The van der Waals surface area contributed by atoms with E-state index in [4.69, 9.17) is 5.73 Å². The van der Waals surface area contributed by atoms with Gasteiger partial charge in [0, 0.05) is 5.38 Å². The van der Waals surface area contributed by atoms with E-state index in [1.165, 1.54) is 11.3 Å². The molecule has 0 aliphatic heterocycles. The predicted octanol–water partition coefficient (Wildman–Crippen LogP) is 3.24. The van der Waals surface area contributed by atoms with Crippen LogP contribution in [0.4, 0.5) is 0 Å². The summed E-state index contributed by atoms with van der Waals surface area (Å²) >= 11 is 14.6. The molecule has 1 aromatic rings. The number of aromatic nitrogens is 1. The molecule has 2 N–H and O–H groups in total. The largest absolute Gasteiger partial charge is 0.394 e. The van der Waals surface area contributed by atoms with Crippen LogP contribution in [0.15, 0.2) is 5.38 Å². The lowest BCUT2D eigenvalue weighted by Crippen LogP contribution is -2.15. The van der Waals surface area contributed by atoms with E-state index in [0.717, 1.165) is 5.01 Å². The first-order valence-electron chi connectivity index (χ1n) is 5.64. The second-order valence-corrected chi connectivity index (χ2v) is 6.92. The van der Waals surface area contributed by atoms with Crippen LogP contribution in [0.3, 0.4) is 0 Å². The van der Waals surface area contributed by atoms with Gasteiger partial charge >= 0.3 is 0 Å². The second kappa shape index (κ2) is 14.6. The molecule has 0 amide bonds. The van der Waals surface area contributed by atoms with Gasteiger partial charge in [-0.15, -0.1) is 11.3 Å². The van der Waals surface area contributed by atoms with Crippen molar-refractivity contribution in [2.24, 2.45) is 5.73 Å². The van der Waals surface area contributed by atoms with E-state index in [1.54, 1.807) is 12.3 Å². The van der Waals surface area contributed by atoms with E-state index < -0.39 is 0 Å². The topological polar surface area (TPSA) is 90.1 Å². The van der Waals surface area contributed by atoms with Crippen molar-refractivity contribution in [1.29, 1.82) is 0 Å². The molecule has 1 heterocycles. The molecule has 0 aromatic carbocycles. The van der Waals surface area contributed by atoms with Crippen molar-refractivity contribution >= 4 is 93.7 Å². The van der Waals surface area contributed by atoms with Crippen LogP contribution in [0.2, 0.25) is 0 Å². The lowest BCUT2D eigenvalue weighted by Gasteiger charge is -1.85. The summed E-state index contributed by atoms with van der Waals surface area (Å²) in [6, 6.07) is 0. The fourth-order valence-corrected chi connectivity index (χ4v) is 2.24. The first kappa shape index (κ1) is 24.2. The Morgan fingerprint density at radius 2 is 1.59 bits per heavy atom. The number of alkyl halides is 3. The maximum Gasteiger partial charge on any atom is 0.209 e. The van der Waals surface area contributed by atoms with Crippen LogP contribution in [-0.2, 0) is 9.59 Å². The van der Waals surface area contributed by atoms with Gasteiger partial charge in [-0.25, -0.2) is 4.98 Å². The number of halogens is 3. The fraction of sp³-hybridized carbons (Fsp3) is 0.417. The van der Waals surface area contributed by atoms with Gasteiger partial charge in [0.15, 0.2) is 5.78 Å². The SMILES string of the molecule is CC(N)=S.Cc1nc(C(=O)CBr)cs1.O=C(CBr)C(=O)CBr. The highest BCUT2D eigenvalue weighted by Gasteiger charge is 2.08. The average molecular weight is 539 g/mol. The molecule has 0 aliphatic carbocycles. The number of Topliss-reactive ketones (excluding diaryl/α,β-unsaturated/α-hetero) is 3. The molecular formula is C12H15Br3N2O3S2. The minimum Gasteiger partial charge on any atom is -0.394 e. The minimum atomic E-state index is -0.387. The molecule has 0 spiro atoms. The van der Waals surface area contributed by atoms with Gasteiger partial charge in [-0.05, 0) is 13.8 Å². The lowest BCUT2D eigenvalue weighted by atomic mass is 10.3. The minimum absolute atomic E-state index is 0.0457. The smallest absolute Gasteiger partial charge is 0.209 e. The number of hydrogen-bond donors (Lipinski definition) is 1. The molecule has 10 heteroatoms. The molecular weight excluding hydrogens is 524 g/mol. The number of hydrogen-bond acceptors (Lipinski definition) is 6. The Balaban J connectivity index is 0. The van der Waals surface area contributed by atoms with E-state index in [1.807, 2.05) is 6.92 Å². The third-order valence-corrected chi connectivity index (χ3v) is 3.88. The number of aryl methyl sites for hydroxylation is 1. The number of nitrogens with two attached hydrogens (primary N) is 1. The lowest BCUT2D eigenvalue weighted by molar-refractivity contribution is -0.133. The van der Waals surface area contributed by atoms with Crippen LogP contribution < -0.4 is 5.73 Å². The Morgan fingerprint density at radius 3 is 1.82 bits per heavy atom. The van der Waals surface area contributed by atoms with Gasteiger partial charge < -0.3 is 5.73 Å². The zero-order valence-electron chi connectivity index (χ0n) is 11.9. The number of carbonyl (C=O) groups excluding carboxylic acids is 3. The molecule has 22 heavy (non-hydrogen) atoms. The maximum atomic E-state index is 10.9. The third kappa shape index (κ3) is 13.6. The van der Waals surface area contributed by atoms with Crippen LogP contribution >= 0.6 is 71.3 Å². The quantitative estimate of drug-likeness (QED) is 0.268. The average Bonchev–Trinajstić information content (AvgIpc) is 2.91. The Hall–Kier alpha value is -0.0300. The van der Waals surface area contributed by atoms with E-state index >= 15 is 0 Å². The van der Waals surface area contributed by atoms with Crippen LogP contribution in [0.25, 0.3) is 0 Å². The standard InChI is InChI=1S/C6H6BrNOS.C4H4Br2O2.C2H5NS/c1-4-8-5(3-10-4)6(9)2-7;5-1-3(7)4(8)2-6;1-2(3)4/h3H,2H2,1H3;1-2H2;1H3,(H2,3,4). The van der Waals surface area contributed by atoms with Crippen molar-refractivity contribution in [1.82, 2.24) is 4.98 Å². The van der Waals surface area contributed by atoms with Crippen molar-refractivity contribution < 1.29 is 14.4 Å². The van der Waals surface area contributed by atoms with Gasteiger partial charge in [0.25, 0.3) is 0 Å². The van der Waals surface area contributed by atoms with Gasteiger partial charge in [0.05, 0.1) is 26.0 Å². The fourth-order valence-electron chi connectivity index (χ4n) is 0.709. The molecule has 0 radical (unpaired) electrons. The monoisotopic (exact) mass is 536 g/mol. The van der Waals surface area contributed by atoms with Crippen LogP contribution in [-0.4, -0.2) is 43.3 Å². The summed E-state index contributed by atoms with van der Waals surface area (Å²) in [6.45, 7) is 3.56. The molecule has 0 bridgehead atoms. The van der Waals surface area contributed by atoms with E-state index in [0.29, 0.717) is 16.0 Å². The van der Waals surface area contributed by atoms with E-state index in [-0.39, 0.29) is 28.0 Å². The number of carbonyl (C=O) groups is 3. The van der Waals surface area contributed by atoms with Crippen molar-refractivity contribution in [3.8, 4) is 0 Å². The third-order valence-electron chi connectivity index (χ3n) is 1.58. The van der Waals surface area contributed by atoms with Crippen LogP contribution in [0, 0.1) is 6.92 Å². The van der Waals surface area contributed by atoms with Gasteiger partial charge in [-0.2, -0.15) is 0 Å². The molecule has 0 saturated heterocycles. The van der Waals surface area contributed by atoms with E-state index in [2.05, 4.69) is 65.0 Å². The Kier molecular flexibility index (Phi) is 16.0. The zero-order valence-corrected chi connectivity index (χ0v) is 18.3. The number of nitrogens with zero attached hydrogens (tertiary/aromatic N) is 1. The number of thiocarbonyl (C=S) groups is 1. The molecule has 0 atom stereocenters. The van der Waals surface area contributed by atoms with Crippen molar-refractivity contribution in [2.45, 2.75) is 13.8 Å². The van der Waals surface area contributed by atoms with Crippen LogP contribution in [0.1, 0.15) is 22.4 Å². The molecule has 0 aliphatic rings. The van der Waals surface area contributed by atoms with Crippen molar-refractivity contribution in [3.05, 3.63) is 16.1 Å². The first-order chi connectivity index (χ1) is 10.2. The van der Waals surface area contributed by atoms with Gasteiger partial charge in [-0.1, -0.05) is 60.0 Å². The van der Waals surface area contributed by atoms with Crippen LogP contribution in [0.5, 0.6) is 0 Å². The summed E-state index contributed by atoms with van der Waals surface area (Å²) in [5.74, 6) is -0.729. The molecule has 0 saturated carbocycles. The number of rotatable bonds is 5. The predicted molar refractivity (Wildman–Crippen MR) is 105 cm³/mol. The zero-order chi connectivity index (χ0) is 17.7. The molecule has 0 unspecified atom stereocenters. The second-order valence-electron chi connectivity index (χ2n) is 3.53. The molecule has 5 nitrogen and oxygen atoms in total. The Morgan fingerprint density at radius 1 is 1.18 bits per heavy atom. The van der Waals surface area contributed by atoms with Gasteiger partial charge in [0.1, 0.15) is 5.69 Å². The summed E-state index contributed by atoms with van der Waals surface area (Å²) in [5.41, 5.74) is 5.41. The maximum absolute atomic E-state index is 10.9. The van der Waals surface area contributed by atoms with Gasteiger partial charge in [0.2, 0.25) is 11.6 Å². The van der Waals surface area contributed by atoms with Crippen molar-refractivity contribution in [2.75, 3.05) is 16.0 Å². The number of ketones is 3. The van der Waals surface area contributed by atoms with Crippen molar-refractivity contribution in [3.63, 3.8) is 0 Å². The Labute approximate surface area is 163 Å². The number of thiazole rings is 1. The highest BCUT2D eigenvalue weighted by molar-refractivity contribution is 9.10. The highest BCUT2D eigenvalue weighted by atomic mass is 79.9. The van der Waals surface area contributed by atoms with Gasteiger partial charge in [-0.3, -0.25) is 14.4 Å². The summed E-state index contributed by atoms with van der Waals surface area (Å²) < 4.78 is 0. The normalized spacial score (nSPS) is 8.77. The summed E-state index contributed by atoms with van der Waals surface area (Å²) in [4.78, 5) is 36.1. The summed E-state index contributed by atoms with van der Waals surface area (Å²) in [7, 11) is 0. The molecule has 1 aromatic heterocycles. The molecule has 1 rings (SSSR count). The summed E-state index contributed by atoms with van der Waals surface area (Å²) in [5, 5.41) is 3.31. The molecule has 0 fully saturated rings.